The number of nitrogens with one attached hydrogen (secondary N) is 1. The number of carbonyl (C=O) groups is 2. The summed E-state index contributed by atoms with van der Waals surface area (Å²) in [6.07, 6.45) is 0. The first kappa shape index (κ1) is 19.5. The normalized spacial score (nSPS) is 18.6. The van der Waals surface area contributed by atoms with Crippen LogP contribution in [0.4, 0.5) is 4.79 Å². The lowest BCUT2D eigenvalue weighted by molar-refractivity contribution is -0.131. The van der Waals surface area contributed by atoms with E-state index in [4.69, 9.17) is 0 Å². The van der Waals surface area contributed by atoms with Crippen molar-refractivity contribution in [3.63, 3.8) is 0 Å². The molecule has 0 spiro atoms. The van der Waals surface area contributed by atoms with E-state index in [9.17, 15) is 9.59 Å². The van der Waals surface area contributed by atoms with Gasteiger partial charge in [-0.25, -0.2) is 9.78 Å². The van der Waals surface area contributed by atoms with Gasteiger partial charge in [-0.05, 0) is 30.2 Å². The highest BCUT2D eigenvalue weighted by atomic mass is 32.1. The second-order valence-corrected chi connectivity index (χ2v) is 8.84. The molecule has 3 aromatic carbocycles. The Bertz CT molecular complexity index is 1310. The molecule has 1 aliphatic heterocycles. The van der Waals surface area contributed by atoms with Crippen molar-refractivity contribution in [1.82, 2.24) is 15.2 Å². The van der Waals surface area contributed by atoms with E-state index in [-0.39, 0.29) is 12.5 Å². The van der Waals surface area contributed by atoms with Gasteiger partial charge in [0.05, 0.1) is 12.2 Å². The van der Waals surface area contributed by atoms with Gasteiger partial charge < -0.3 is 5.32 Å². The lowest BCUT2D eigenvalue weighted by Gasteiger charge is -2.24. The number of imide groups is 1. The molecular formula is C25H21N3O2S. The molecule has 5 nitrogen and oxygen atoms in total. The highest BCUT2D eigenvalue weighted by Crippen LogP contribution is 2.35. The average molecular weight is 428 g/mol. The second-order valence-electron chi connectivity index (χ2n) is 7.98. The van der Waals surface area contributed by atoms with Crippen molar-refractivity contribution in [1.29, 1.82) is 0 Å². The average Bonchev–Trinajstić information content (AvgIpc) is 3.33. The van der Waals surface area contributed by atoms with Crippen LogP contribution in [-0.4, -0.2) is 21.8 Å². The maximum absolute atomic E-state index is 13.4. The number of rotatable bonds is 4. The number of thiazole rings is 1. The fourth-order valence-electron chi connectivity index (χ4n) is 4.05. The Morgan fingerprint density at radius 3 is 2.55 bits per heavy atom. The molecule has 2 heterocycles. The molecule has 0 radical (unpaired) electrons. The molecule has 0 aliphatic carbocycles. The van der Waals surface area contributed by atoms with Crippen molar-refractivity contribution in [3.8, 4) is 10.6 Å². The molecule has 1 aromatic heterocycles. The molecule has 1 atom stereocenters. The molecule has 31 heavy (non-hydrogen) atoms. The first-order valence-electron chi connectivity index (χ1n) is 10.1. The molecule has 6 heteroatoms. The Kier molecular flexibility index (Phi) is 4.59. The van der Waals surface area contributed by atoms with Crippen LogP contribution in [0.15, 0.2) is 72.1 Å². The summed E-state index contributed by atoms with van der Waals surface area (Å²) in [4.78, 5) is 32.1. The fraction of sp³-hybridized carbons (Fsp3) is 0.160. The first-order chi connectivity index (χ1) is 15.0. The van der Waals surface area contributed by atoms with E-state index in [1.54, 1.807) is 6.92 Å². The summed E-state index contributed by atoms with van der Waals surface area (Å²) in [5, 5.41) is 7.68. The monoisotopic (exact) mass is 427 g/mol. The quantitative estimate of drug-likeness (QED) is 0.453. The Balaban J connectivity index is 1.44. The third kappa shape index (κ3) is 3.29. The largest absolute Gasteiger partial charge is 0.325 e. The molecule has 5 rings (SSSR count). The molecule has 0 bridgehead atoms. The number of urea groups is 1. The van der Waals surface area contributed by atoms with E-state index in [1.807, 2.05) is 79.0 Å². The summed E-state index contributed by atoms with van der Waals surface area (Å²) < 4.78 is 0. The number of hydrogen-bond donors (Lipinski definition) is 1. The molecule has 1 fully saturated rings. The van der Waals surface area contributed by atoms with Gasteiger partial charge in [-0.2, -0.15) is 0 Å². The van der Waals surface area contributed by atoms with Crippen LogP contribution in [0.1, 0.15) is 23.7 Å². The van der Waals surface area contributed by atoms with E-state index >= 15 is 0 Å². The topological polar surface area (TPSA) is 62.3 Å². The maximum Gasteiger partial charge on any atom is 0.325 e. The molecular weight excluding hydrogens is 406 g/mol. The summed E-state index contributed by atoms with van der Waals surface area (Å²) in [6.45, 7) is 3.96. The van der Waals surface area contributed by atoms with Gasteiger partial charge in [0.2, 0.25) is 0 Å². The van der Waals surface area contributed by atoms with Crippen LogP contribution in [0.25, 0.3) is 21.3 Å². The van der Waals surface area contributed by atoms with Gasteiger partial charge in [-0.15, -0.1) is 11.3 Å². The van der Waals surface area contributed by atoms with E-state index in [1.165, 1.54) is 21.8 Å². The minimum atomic E-state index is -1.12. The first-order valence-corrected chi connectivity index (χ1v) is 11.0. The zero-order valence-corrected chi connectivity index (χ0v) is 18.1. The molecule has 154 valence electrons. The Morgan fingerprint density at radius 1 is 1.00 bits per heavy atom. The smallest absolute Gasteiger partial charge is 0.319 e. The Labute approximate surface area is 184 Å². The van der Waals surface area contributed by atoms with E-state index in [2.05, 4.69) is 10.3 Å². The third-order valence-electron chi connectivity index (χ3n) is 5.77. The Hall–Kier alpha value is -3.51. The van der Waals surface area contributed by atoms with Gasteiger partial charge in [0.25, 0.3) is 5.91 Å². The molecule has 1 N–H and O–H groups in total. The lowest BCUT2D eigenvalue weighted by atomic mass is 9.88. The minimum absolute atomic E-state index is 0.146. The number of amides is 3. The van der Waals surface area contributed by atoms with Gasteiger partial charge in [-0.1, -0.05) is 72.3 Å². The van der Waals surface area contributed by atoms with E-state index in [0.29, 0.717) is 5.69 Å². The summed E-state index contributed by atoms with van der Waals surface area (Å²) in [7, 11) is 0. The molecule has 3 amide bonds. The Morgan fingerprint density at radius 2 is 1.74 bits per heavy atom. The number of carbonyl (C=O) groups excluding carboxylic acids is 2. The molecule has 0 saturated carbocycles. The van der Waals surface area contributed by atoms with E-state index in [0.717, 1.165) is 26.9 Å². The van der Waals surface area contributed by atoms with Gasteiger partial charge in [0.15, 0.2) is 0 Å². The zero-order valence-electron chi connectivity index (χ0n) is 17.3. The highest BCUT2D eigenvalue weighted by molar-refractivity contribution is 7.13. The number of benzene rings is 3. The minimum Gasteiger partial charge on any atom is -0.319 e. The van der Waals surface area contributed by atoms with Crippen molar-refractivity contribution < 1.29 is 9.59 Å². The van der Waals surface area contributed by atoms with Crippen LogP contribution in [0.5, 0.6) is 0 Å². The van der Waals surface area contributed by atoms with Crippen molar-refractivity contribution in [3.05, 3.63) is 88.9 Å². The number of fused-ring (bicyclic) bond motifs is 1. The summed E-state index contributed by atoms with van der Waals surface area (Å²) >= 11 is 1.51. The van der Waals surface area contributed by atoms with Crippen LogP contribution in [0, 0.1) is 6.92 Å². The van der Waals surface area contributed by atoms with Crippen molar-refractivity contribution >= 4 is 34.0 Å². The zero-order chi connectivity index (χ0) is 21.6. The van der Waals surface area contributed by atoms with E-state index < -0.39 is 11.6 Å². The van der Waals surface area contributed by atoms with Crippen LogP contribution >= 0.6 is 11.3 Å². The number of nitrogens with zero attached hydrogens (tertiary/aromatic N) is 2. The lowest BCUT2D eigenvalue weighted by Crippen LogP contribution is -2.41. The SMILES string of the molecule is Cc1ccc(-c2nc(CN3C(=O)N[C@@](C)(c4cccc5ccccc45)C3=O)cs2)cc1. The third-order valence-corrected chi connectivity index (χ3v) is 6.71. The van der Waals surface area contributed by atoms with Crippen molar-refractivity contribution in [2.75, 3.05) is 0 Å². The van der Waals surface area contributed by atoms with Gasteiger partial charge in [0, 0.05) is 10.9 Å². The standard InChI is InChI=1S/C25H21N3O2S/c1-16-10-12-18(13-11-16)22-26-19(15-31-22)14-28-23(29)25(2,27-24(28)30)21-9-5-7-17-6-3-4-8-20(17)21/h3-13,15H,14H2,1-2H3,(H,27,30)/t25-/m0/s1. The summed E-state index contributed by atoms with van der Waals surface area (Å²) in [6, 6.07) is 21.5. The summed E-state index contributed by atoms with van der Waals surface area (Å²) in [5.41, 5.74) is 2.59. The van der Waals surface area contributed by atoms with Crippen LogP contribution in [-0.2, 0) is 16.9 Å². The maximum atomic E-state index is 13.4. The van der Waals surface area contributed by atoms with Gasteiger partial charge in [0.1, 0.15) is 10.5 Å². The fourth-order valence-corrected chi connectivity index (χ4v) is 4.87. The molecule has 1 aliphatic rings. The number of aryl methyl sites for hydroxylation is 1. The van der Waals surface area contributed by atoms with Gasteiger partial charge >= 0.3 is 6.03 Å². The number of aromatic nitrogens is 1. The summed E-state index contributed by atoms with van der Waals surface area (Å²) in [5.74, 6) is -0.265. The predicted molar refractivity (Wildman–Crippen MR) is 123 cm³/mol. The van der Waals surface area contributed by atoms with Crippen molar-refractivity contribution in [2.45, 2.75) is 25.9 Å². The van der Waals surface area contributed by atoms with Crippen LogP contribution in [0.2, 0.25) is 0 Å². The molecule has 1 saturated heterocycles. The highest BCUT2D eigenvalue weighted by Gasteiger charge is 2.49. The van der Waals surface area contributed by atoms with Gasteiger partial charge in [-0.3, -0.25) is 9.69 Å². The number of hydrogen-bond acceptors (Lipinski definition) is 4. The molecule has 4 aromatic rings. The second kappa shape index (κ2) is 7.32. The van der Waals surface area contributed by atoms with Crippen LogP contribution in [0.3, 0.4) is 0 Å². The van der Waals surface area contributed by atoms with Crippen LogP contribution < -0.4 is 5.32 Å². The predicted octanol–water partition coefficient (Wildman–Crippen LogP) is 5.24. The molecule has 0 unspecified atom stereocenters. The van der Waals surface area contributed by atoms with Crippen molar-refractivity contribution in [2.24, 2.45) is 0 Å².